The average Bonchev–Trinajstić information content (AvgIpc) is 3.01. The number of rotatable bonds is 3. The molecule has 0 unspecified atom stereocenters. The van der Waals surface area contributed by atoms with Gasteiger partial charge < -0.3 is 4.90 Å². The molecule has 0 bridgehead atoms. The maximum absolute atomic E-state index is 12.6. The van der Waals surface area contributed by atoms with Gasteiger partial charge >= 0.3 is 0 Å². The Hall–Kier alpha value is -2.69. The Bertz CT molecular complexity index is 944. The van der Waals surface area contributed by atoms with Crippen LogP contribution in [0.15, 0.2) is 36.5 Å². The van der Waals surface area contributed by atoms with Crippen LogP contribution in [0.4, 0.5) is 0 Å². The first-order valence-corrected chi connectivity index (χ1v) is 8.77. The Morgan fingerprint density at radius 2 is 2.08 bits per heavy atom. The van der Waals surface area contributed by atoms with Gasteiger partial charge in [-0.15, -0.1) is 0 Å². The highest BCUT2D eigenvalue weighted by atomic mass is 16.2. The molecule has 1 aromatic carbocycles. The van der Waals surface area contributed by atoms with Gasteiger partial charge in [-0.1, -0.05) is 24.3 Å². The van der Waals surface area contributed by atoms with E-state index in [0.29, 0.717) is 13.0 Å². The van der Waals surface area contributed by atoms with Gasteiger partial charge in [-0.05, 0) is 31.4 Å². The fraction of sp³-hybridized carbons (Fsp3) is 0.350. The van der Waals surface area contributed by atoms with Crippen LogP contribution in [-0.4, -0.2) is 31.9 Å². The van der Waals surface area contributed by atoms with Crippen molar-refractivity contribution in [3.63, 3.8) is 0 Å². The summed E-state index contributed by atoms with van der Waals surface area (Å²) in [6, 6.07) is 10.3. The Kier molecular flexibility index (Phi) is 3.99. The lowest BCUT2D eigenvalue weighted by Crippen LogP contribution is -2.37. The van der Waals surface area contributed by atoms with Crippen LogP contribution in [0.2, 0.25) is 0 Å². The number of aryl methyl sites for hydroxylation is 3. The van der Waals surface area contributed by atoms with Crippen molar-refractivity contribution in [3.8, 4) is 0 Å². The summed E-state index contributed by atoms with van der Waals surface area (Å²) in [6.45, 7) is 5.45. The van der Waals surface area contributed by atoms with Crippen molar-refractivity contribution in [1.29, 1.82) is 0 Å². The molecule has 0 atom stereocenters. The first-order valence-electron chi connectivity index (χ1n) is 8.77. The van der Waals surface area contributed by atoms with Crippen molar-refractivity contribution >= 4 is 11.6 Å². The largest absolute Gasteiger partial charge is 0.338 e. The van der Waals surface area contributed by atoms with Crippen molar-refractivity contribution in [2.24, 2.45) is 0 Å². The molecule has 1 aliphatic rings. The molecule has 1 aliphatic heterocycles. The zero-order chi connectivity index (χ0) is 17.4. The third-order valence-electron chi connectivity index (χ3n) is 4.99. The summed E-state index contributed by atoms with van der Waals surface area (Å²) in [7, 11) is 0. The lowest BCUT2D eigenvalue weighted by molar-refractivity contribution is -0.132. The van der Waals surface area contributed by atoms with E-state index in [1.54, 1.807) is 0 Å². The molecule has 0 spiro atoms. The highest BCUT2D eigenvalue weighted by Crippen LogP contribution is 2.21. The van der Waals surface area contributed by atoms with Gasteiger partial charge in [0.05, 0.1) is 11.4 Å². The van der Waals surface area contributed by atoms with E-state index in [2.05, 4.69) is 29.1 Å². The lowest BCUT2D eigenvalue weighted by Gasteiger charge is -2.29. The molecule has 25 heavy (non-hydrogen) atoms. The number of nitrogens with zero attached hydrogens (tertiary/aromatic N) is 4. The van der Waals surface area contributed by atoms with Crippen LogP contribution < -0.4 is 0 Å². The molecular weight excluding hydrogens is 312 g/mol. The fourth-order valence-corrected chi connectivity index (χ4v) is 3.56. The molecule has 3 aromatic rings. The maximum Gasteiger partial charge on any atom is 0.223 e. The first kappa shape index (κ1) is 15.8. The second-order valence-corrected chi connectivity index (χ2v) is 6.78. The molecule has 0 fully saturated rings. The molecule has 0 radical (unpaired) electrons. The molecule has 3 heterocycles. The van der Waals surface area contributed by atoms with E-state index in [0.717, 1.165) is 36.3 Å². The standard InChI is InChI=1S/C20H22N4O/c1-14-5-3-4-6-16(14)7-8-20(25)23-10-9-18-17(13-23)12-21-19-11-15(2)22-24(18)19/h3-6,11-12H,7-10,13H2,1-2H3. The smallest absolute Gasteiger partial charge is 0.223 e. The predicted molar refractivity (Wildman–Crippen MR) is 96.3 cm³/mol. The van der Waals surface area contributed by atoms with Gasteiger partial charge in [-0.2, -0.15) is 5.10 Å². The summed E-state index contributed by atoms with van der Waals surface area (Å²) in [4.78, 5) is 19.1. The van der Waals surface area contributed by atoms with Crippen LogP contribution >= 0.6 is 0 Å². The molecule has 5 nitrogen and oxygen atoms in total. The first-order chi connectivity index (χ1) is 12.1. The molecule has 0 saturated heterocycles. The summed E-state index contributed by atoms with van der Waals surface area (Å²) in [5.41, 5.74) is 6.64. The number of amides is 1. The molecule has 4 rings (SSSR count). The minimum Gasteiger partial charge on any atom is -0.338 e. The average molecular weight is 334 g/mol. The Morgan fingerprint density at radius 3 is 2.92 bits per heavy atom. The monoisotopic (exact) mass is 334 g/mol. The zero-order valence-corrected chi connectivity index (χ0v) is 14.7. The van der Waals surface area contributed by atoms with Crippen LogP contribution in [0.5, 0.6) is 0 Å². The highest BCUT2D eigenvalue weighted by molar-refractivity contribution is 5.76. The minimum absolute atomic E-state index is 0.214. The molecule has 0 aliphatic carbocycles. The Morgan fingerprint density at radius 1 is 1.24 bits per heavy atom. The lowest BCUT2D eigenvalue weighted by atomic mass is 10.0. The molecule has 2 aromatic heterocycles. The molecule has 1 amide bonds. The van der Waals surface area contributed by atoms with Crippen molar-refractivity contribution in [2.75, 3.05) is 6.54 Å². The summed E-state index contributed by atoms with van der Waals surface area (Å²) in [5, 5.41) is 4.53. The van der Waals surface area contributed by atoms with E-state index in [4.69, 9.17) is 0 Å². The maximum atomic E-state index is 12.6. The van der Waals surface area contributed by atoms with E-state index in [1.807, 2.05) is 40.7 Å². The number of carbonyl (C=O) groups is 1. The summed E-state index contributed by atoms with van der Waals surface area (Å²) in [6.07, 6.45) is 4.07. The van der Waals surface area contributed by atoms with Crippen LogP contribution in [-0.2, 0) is 24.2 Å². The molecule has 0 N–H and O–H groups in total. The normalized spacial score (nSPS) is 13.9. The second-order valence-electron chi connectivity index (χ2n) is 6.78. The van der Waals surface area contributed by atoms with Gasteiger partial charge in [0.15, 0.2) is 5.65 Å². The van der Waals surface area contributed by atoms with Gasteiger partial charge in [-0.25, -0.2) is 9.50 Å². The van der Waals surface area contributed by atoms with Crippen molar-refractivity contribution in [1.82, 2.24) is 19.5 Å². The van der Waals surface area contributed by atoms with Crippen molar-refractivity contribution < 1.29 is 4.79 Å². The third-order valence-corrected chi connectivity index (χ3v) is 4.99. The van der Waals surface area contributed by atoms with Gasteiger partial charge in [0.1, 0.15) is 0 Å². The number of carbonyl (C=O) groups excluding carboxylic acids is 1. The SMILES string of the molecule is Cc1cc2ncc3c(n2n1)CCN(C(=O)CCc1ccccc1C)C3. The number of hydrogen-bond donors (Lipinski definition) is 0. The topological polar surface area (TPSA) is 50.5 Å². The molecular formula is C20H22N4O. The van der Waals surface area contributed by atoms with Crippen LogP contribution in [0, 0.1) is 13.8 Å². The van der Waals surface area contributed by atoms with Gasteiger partial charge in [0.25, 0.3) is 0 Å². The predicted octanol–water partition coefficient (Wildman–Crippen LogP) is 2.86. The van der Waals surface area contributed by atoms with Crippen molar-refractivity contribution in [3.05, 3.63) is 64.6 Å². The fourth-order valence-electron chi connectivity index (χ4n) is 3.56. The summed E-state index contributed by atoms with van der Waals surface area (Å²) >= 11 is 0. The van der Waals surface area contributed by atoms with E-state index in [9.17, 15) is 4.79 Å². The van der Waals surface area contributed by atoms with Crippen LogP contribution in [0.1, 0.15) is 34.5 Å². The third kappa shape index (κ3) is 3.02. The zero-order valence-electron chi connectivity index (χ0n) is 14.7. The van der Waals surface area contributed by atoms with Gasteiger partial charge in [-0.3, -0.25) is 4.79 Å². The number of benzene rings is 1. The van der Waals surface area contributed by atoms with Crippen LogP contribution in [0.25, 0.3) is 5.65 Å². The van der Waals surface area contributed by atoms with Gasteiger partial charge in [0.2, 0.25) is 5.91 Å². The highest BCUT2D eigenvalue weighted by Gasteiger charge is 2.23. The number of hydrogen-bond acceptors (Lipinski definition) is 3. The molecule has 5 heteroatoms. The summed E-state index contributed by atoms with van der Waals surface area (Å²) < 4.78 is 1.93. The van der Waals surface area contributed by atoms with Crippen LogP contribution in [0.3, 0.4) is 0 Å². The minimum atomic E-state index is 0.214. The number of aromatic nitrogens is 3. The summed E-state index contributed by atoms with van der Waals surface area (Å²) in [5.74, 6) is 0.214. The van der Waals surface area contributed by atoms with Gasteiger partial charge in [0, 0.05) is 43.8 Å². The molecule has 0 saturated carbocycles. The van der Waals surface area contributed by atoms with E-state index in [-0.39, 0.29) is 5.91 Å². The quantitative estimate of drug-likeness (QED) is 0.740. The molecule has 128 valence electrons. The van der Waals surface area contributed by atoms with E-state index >= 15 is 0 Å². The van der Waals surface area contributed by atoms with E-state index < -0.39 is 0 Å². The second kappa shape index (κ2) is 6.31. The van der Waals surface area contributed by atoms with E-state index in [1.165, 1.54) is 16.8 Å². The Balaban J connectivity index is 1.47. The van der Waals surface area contributed by atoms with Crippen molar-refractivity contribution in [2.45, 2.75) is 39.7 Å². The Labute approximate surface area is 147 Å². The number of fused-ring (bicyclic) bond motifs is 3.